The van der Waals surface area contributed by atoms with Gasteiger partial charge in [-0.25, -0.2) is 4.98 Å². The molecule has 1 N–H and O–H groups in total. The molecule has 4 rings (SSSR count). The van der Waals surface area contributed by atoms with Crippen molar-refractivity contribution >= 4 is 23.1 Å². The van der Waals surface area contributed by atoms with Gasteiger partial charge in [0.15, 0.2) is 0 Å². The largest absolute Gasteiger partial charge is 0.507 e. The zero-order valence-electron chi connectivity index (χ0n) is 15.2. The lowest BCUT2D eigenvalue weighted by Crippen LogP contribution is -2.22. The second-order valence-corrected chi connectivity index (χ2v) is 6.22. The molecular formula is C23H18N2O3. The van der Waals surface area contributed by atoms with E-state index in [1.165, 1.54) is 6.07 Å². The van der Waals surface area contributed by atoms with Crippen LogP contribution in [0.25, 0.3) is 28.7 Å². The van der Waals surface area contributed by atoms with Crippen molar-refractivity contribution in [1.82, 2.24) is 9.55 Å². The minimum absolute atomic E-state index is 0.0880. The first kappa shape index (κ1) is 17.5. The Hall–Kier alpha value is -3.86. The lowest BCUT2D eigenvalue weighted by Gasteiger charge is -2.11. The molecular weight excluding hydrogens is 352 g/mol. The van der Waals surface area contributed by atoms with Crippen LogP contribution in [-0.2, 0) is 0 Å². The van der Waals surface area contributed by atoms with Crippen LogP contribution in [-0.4, -0.2) is 21.8 Å². The van der Waals surface area contributed by atoms with Crippen LogP contribution >= 0.6 is 0 Å². The standard InChI is InChI=1S/C23H18N2O3/c1-28-18-13-11-16(21(26)15-18)12-14-22-24-20-10-6-5-9-19(20)23(27)25(22)17-7-3-2-4-8-17/h2-15,26H,1H3. The number of phenolic OH excluding ortho intramolecular Hbond substituents is 1. The summed E-state index contributed by atoms with van der Waals surface area (Å²) in [6.45, 7) is 0. The summed E-state index contributed by atoms with van der Waals surface area (Å²) in [6.07, 6.45) is 3.45. The molecule has 0 amide bonds. The van der Waals surface area contributed by atoms with Crippen molar-refractivity contribution in [2.75, 3.05) is 7.11 Å². The second-order valence-electron chi connectivity index (χ2n) is 6.22. The fraction of sp³-hybridized carbons (Fsp3) is 0.0435. The van der Waals surface area contributed by atoms with Gasteiger partial charge in [-0.3, -0.25) is 9.36 Å². The number of methoxy groups -OCH3 is 1. The van der Waals surface area contributed by atoms with Gasteiger partial charge in [-0.15, -0.1) is 0 Å². The summed E-state index contributed by atoms with van der Waals surface area (Å²) in [5.41, 5.74) is 1.81. The molecule has 0 radical (unpaired) electrons. The first-order valence-corrected chi connectivity index (χ1v) is 8.79. The van der Waals surface area contributed by atoms with Gasteiger partial charge < -0.3 is 9.84 Å². The maximum atomic E-state index is 13.1. The highest BCUT2D eigenvalue weighted by Crippen LogP contribution is 2.25. The zero-order valence-corrected chi connectivity index (χ0v) is 15.2. The van der Waals surface area contributed by atoms with Gasteiger partial charge in [0.2, 0.25) is 0 Å². The van der Waals surface area contributed by atoms with Crippen LogP contribution in [0.15, 0.2) is 77.6 Å². The van der Waals surface area contributed by atoms with Crippen molar-refractivity contribution in [3.63, 3.8) is 0 Å². The Morgan fingerprint density at radius 3 is 2.46 bits per heavy atom. The van der Waals surface area contributed by atoms with Gasteiger partial charge in [0.05, 0.1) is 23.7 Å². The molecule has 4 aromatic rings. The number of aromatic hydroxyl groups is 1. The maximum Gasteiger partial charge on any atom is 0.266 e. The van der Waals surface area contributed by atoms with E-state index in [9.17, 15) is 9.90 Å². The number of hydrogen-bond acceptors (Lipinski definition) is 4. The van der Waals surface area contributed by atoms with Crippen molar-refractivity contribution in [2.24, 2.45) is 0 Å². The van der Waals surface area contributed by atoms with Crippen molar-refractivity contribution in [1.29, 1.82) is 0 Å². The molecule has 1 aromatic heterocycles. The van der Waals surface area contributed by atoms with E-state index in [2.05, 4.69) is 4.98 Å². The molecule has 0 saturated heterocycles. The molecule has 0 unspecified atom stereocenters. The number of rotatable bonds is 4. The van der Waals surface area contributed by atoms with Crippen LogP contribution in [0.4, 0.5) is 0 Å². The molecule has 3 aromatic carbocycles. The Kier molecular flexibility index (Phi) is 4.64. The molecule has 0 aliphatic rings. The monoisotopic (exact) mass is 370 g/mol. The molecule has 0 fully saturated rings. The molecule has 1 heterocycles. The summed E-state index contributed by atoms with van der Waals surface area (Å²) < 4.78 is 6.68. The quantitative estimate of drug-likeness (QED) is 0.583. The minimum atomic E-state index is -0.143. The number of para-hydroxylation sites is 2. The normalized spacial score (nSPS) is 11.2. The zero-order chi connectivity index (χ0) is 19.5. The Balaban J connectivity index is 1.89. The first-order valence-electron chi connectivity index (χ1n) is 8.79. The predicted molar refractivity (Wildman–Crippen MR) is 111 cm³/mol. The highest BCUT2D eigenvalue weighted by Gasteiger charge is 2.11. The fourth-order valence-electron chi connectivity index (χ4n) is 3.04. The Morgan fingerprint density at radius 2 is 1.71 bits per heavy atom. The Morgan fingerprint density at radius 1 is 0.964 bits per heavy atom. The highest BCUT2D eigenvalue weighted by molar-refractivity contribution is 5.80. The Labute approximate surface area is 161 Å². The summed E-state index contributed by atoms with van der Waals surface area (Å²) in [4.78, 5) is 17.8. The van der Waals surface area contributed by atoms with Gasteiger partial charge in [0, 0.05) is 11.6 Å². The molecule has 0 bridgehead atoms. The van der Waals surface area contributed by atoms with Crippen molar-refractivity contribution < 1.29 is 9.84 Å². The predicted octanol–water partition coefficient (Wildman–Crippen LogP) is 4.27. The topological polar surface area (TPSA) is 64.3 Å². The van der Waals surface area contributed by atoms with Crippen molar-refractivity contribution in [3.8, 4) is 17.2 Å². The van der Waals surface area contributed by atoms with Gasteiger partial charge in [-0.05, 0) is 48.6 Å². The molecule has 0 aliphatic carbocycles. The highest BCUT2D eigenvalue weighted by atomic mass is 16.5. The van der Waals surface area contributed by atoms with Crippen LogP contribution in [0.1, 0.15) is 11.4 Å². The number of benzene rings is 3. The smallest absolute Gasteiger partial charge is 0.266 e. The average molecular weight is 370 g/mol. The molecule has 0 spiro atoms. The Bertz CT molecular complexity index is 1230. The van der Waals surface area contributed by atoms with E-state index in [0.717, 1.165) is 5.69 Å². The number of hydrogen-bond donors (Lipinski definition) is 1. The fourth-order valence-corrected chi connectivity index (χ4v) is 3.04. The van der Waals surface area contributed by atoms with Crippen LogP contribution in [0.5, 0.6) is 11.5 Å². The third kappa shape index (κ3) is 3.25. The number of nitrogens with zero attached hydrogens (tertiary/aromatic N) is 2. The van der Waals surface area contributed by atoms with E-state index in [1.807, 2.05) is 48.5 Å². The van der Waals surface area contributed by atoms with Crippen molar-refractivity contribution in [3.05, 3.63) is 94.5 Å². The van der Waals surface area contributed by atoms with E-state index in [4.69, 9.17) is 4.74 Å². The number of ether oxygens (including phenoxy) is 1. The molecule has 138 valence electrons. The molecule has 5 heteroatoms. The van der Waals surface area contributed by atoms with Gasteiger partial charge in [-0.2, -0.15) is 0 Å². The van der Waals surface area contributed by atoms with Crippen LogP contribution in [0.3, 0.4) is 0 Å². The van der Waals surface area contributed by atoms with E-state index in [1.54, 1.807) is 42.0 Å². The van der Waals surface area contributed by atoms with Crippen molar-refractivity contribution in [2.45, 2.75) is 0 Å². The second kappa shape index (κ2) is 7.40. The van der Waals surface area contributed by atoms with Gasteiger partial charge in [0.1, 0.15) is 17.3 Å². The third-order valence-corrected chi connectivity index (χ3v) is 4.47. The summed E-state index contributed by atoms with van der Waals surface area (Å²) >= 11 is 0. The molecule has 5 nitrogen and oxygen atoms in total. The minimum Gasteiger partial charge on any atom is -0.507 e. The van der Waals surface area contributed by atoms with E-state index >= 15 is 0 Å². The number of phenols is 1. The van der Waals surface area contributed by atoms with E-state index in [0.29, 0.717) is 28.0 Å². The summed E-state index contributed by atoms with van der Waals surface area (Å²) in [7, 11) is 1.54. The molecule has 0 atom stereocenters. The maximum absolute atomic E-state index is 13.1. The molecule has 0 saturated carbocycles. The summed E-state index contributed by atoms with van der Waals surface area (Å²) in [6, 6.07) is 21.7. The summed E-state index contributed by atoms with van der Waals surface area (Å²) in [5.74, 6) is 1.13. The van der Waals surface area contributed by atoms with Gasteiger partial charge in [-0.1, -0.05) is 30.3 Å². The number of aromatic nitrogens is 2. The van der Waals surface area contributed by atoms with Gasteiger partial charge in [0.25, 0.3) is 5.56 Å². The van der Waals surface area contributed by atoms with Gasteiger partial charge >= 0.3 is 0 Å². The first-order chi connectivity index (χ1) is 13.7. The van der Waals surface area contributed by atoms with E-state index < -0.39 is 0 Å². The lowest BCUT2D eigenvalue weighted by molar-refractivity contribution is 0.407. The van der Waals surface area contributed by atoms with Crippen LogP contribution < -0.4 is 10.3 Å². The summed E-state index contributed by atoms with van der Waals surface area (Å²) in [5, 5.41) is 10.7. The average Bonchev–Trinajstić information content (AvgIpc) is 2.73. The number of fused-ring (bicyclic) bond motifs is 1. The van der Waals surface area contributed by atoms with Crippen LogP contribution in [0.2, 0.25) is 0 Å². The van der Waals surface area contributed by atoms with Crippen LogP contribution in [0, 0.1) is 0 Å². The SMILES string of the molecule is COc1ccc(C=Cc2nc3ccccc3c(=O)n2-c2ccccc2)c(O)c1. The lowest BCUT2D eigenvalue weighted by atomic mass is 10.1. The molecule has 0 aliphatic heterocycles. The van der Waals surface area contributed by atoms with E-state index in [-0.39, 0.29) is 11.3 Å². The third-order valence-electron chi connectivity index (χ3n) is 4.47. The molecule has 28 heavy (non-hydrogen) atoms.